The Morgan fingerprint density at radius 1 is 1.67 bits per heavy atom. The minimum atomic E-state index is -0.226. The fourth-order valence-electron chi connectivity index (χ4n) is 1.26. The Balaban J connectivity index is 2.70. The molecule has 2 aromatic heterocycles. The molecule has 0 radical (unpaired) electrons. The van der Waals surface area contributed by atoms with Crippen molar-refractivity contribution < 1.29 is 4.79 Å². The van der Waals surface area contributed by atoms with Crippen LogP contribution in [0.5, 0.6) is 0 Å². The van der Waals surface area contributed by atoms with E-state index >= 15 is 0 Å². The van der Waals surface area contributed by atoms with Crippen molar-refractivity contribution in [1.29, 1.82) is 0 Å². The topological polar surface area (TPSA) is 51.4 Å². The van der Waals surface area contributed by atoms with E-state index in [1.54, 1.807) is 0 Å². The van der Waals surface area contributed by atoms with Crippen molar-refractivity contribution in [2.45, 2.75) is 13.3 Å². The molecule has 0 spiro atoms. The molecule has 0 N–H and O–H groups in total. The zero-order chi connectivity index (χ0) is 11.0. The van der Waals surface area contributed by atoms with E-state index in [9.17, 15) is 9.59 Å². The number of Topliss-reactive ketones (excluding diaryl/α,β-unsaturated/α-hetero) is 1. The summed E-state index contributed by atoms with van der Waals surface area (Å²) in [4.78, 5) is 27.6. The highest BCUT2D eigenvalue weighted by molar-refractivity contribution is 7.17. The summed E-state index contributed by atoms with van der Waals surface area (Å²) in [5.41, 5.74) is -0.226. The first-order valence-corrected chi connectivity index (χ1v) is 5.43. The molecule has 0 saturated carbocycles. The van der Waals surface area contributed by atoms with Crippen LogP contribution < -0.4 is 5.56 Å². The van der Waals surface area contributed by atoms with Crippen molar-refractivity contribution in [1.82, 2.24) is 9.38 Å². The van der Waals surface area contributed by atoms with Gasteiger partial charge in [0.2, 0.25) is 0 Å². The molecule has 15 heavy (non-hydrogen) atoms. The Kier molecular flexibility index (Phi) is 2.58. The van der Waals surface area contributed by atoms with Crippen molar-refractivity contribution >= 4 is 33.7 Å². The zero-order valence-electron chi connectivity index (χ0n) is 7.86. The maximum absolute atomic E-state index is 11.5. The lowest BCUT2D eigenvalue weighted by Gasteiger charge is -1.92. The number of carbonyl (C=O) groups is 1. The number of fused-ring (bicyclic) bond motifs is 1. The normalized spacial score (nSPS) is 10.8. The third kappa shape index (κ3) is 1.80. The summed E-state index contributed by atoms with van der Waals surface area (Å²) in [5.74, 6) is 0.0107. The minimum absolute atomic E-state index is 0.0107. The average molecular weight is 243 g/mol. The van der Waals surface area contributed by atoms with E-state index in [2.05, 4.69) is 4.98 Å². The van der Waals surface area contributed by atoms with Gasteiger partial charge in [-0.05, 0) is 6.92 Å². The number of aromatic nitrogens is 2. The molecule has 0 unspecified atom stereocenters. The Labute approximate surface area is 94.1 Å². The molecule has 2 heterocycles. The number of hydrogen-bond acceptors (Lipinski definition) is 4. The van der Waals surface area contributed by atoms with Crippen molar-refractivity contribution in [3.8, 4) is 0 Å². The molecule has 0 atom stereocenters. The SMILES string of the molecule is CC(=O)Cc1sc2nccc(=O)n2c1Cl. The van der Waals surface area contributed by atoms with Gasteiger partial charge in [0.15, 0.2) is 4.96 Å². The maximum atomic E-state index is 11.5. The van der Waals surface area contributed by atoms with Crippen molar-refractivity contribution in [2.75, 3.05) is 0 Å². The molecule has 0 aliphatic carbocycles. The highest BCUT2D eigenvalue weighted by Gasteiger charge is 2.13. The van der Waals surface area contributed by atoms with E-state index < -0.39 is 0 Å². The standard InChI is InChI=1S/C9H7ClN2O2S/c1-5(13)4-6-8(10)12-7(14)2-3-11-9(12)15-6/h2-3H,4H2,1H3. The molecule has 2 rings (SSSR count). The first-order chi connectivity index (χ1) is 7.09. The van der Waals surface area contributed by atoms with Gasteiger partial charge >= 0.3 is 0 Å². The smallest absolute Gasteiger partial charge is 0.259 e. The molecular weight excluding hydrogens is 236 g/mol. The van der Waals surface area contributed by atoms with E-state index in [1.165, 1.54) is 34.9 Å². The van der Waals surface area contributed by atoms with E-state index in [4.69, 9.17) is 11.6 Å². The molecule has 78 valence electrons. The van der Waals surface area contributed by atoms with Crippen LogP contribution in [0.25, 0.3) is 4.96 Å². The monoisotopic (exact) mass is 242 g/mol. The number of thiazole rings is 1. The summed E-state index contributed by atoms with van der Waals surface area (Å²) in [6.45, 7) is 1.48. The number of carbonyl (C=O) groups excluding carboxylic acids is 1. The Morgan fingerprint density at radius 2 is 2.40 bits per heavy atom. The molecule has 0 bridgehead atoms. The van der Waals surface area contributed by atoms with Gasteiger partial charge in [0.05, 0.1) is 4.88 Å². The molecular formula is C9H7ClN2O2S. The fraction of sp³-hybridized carbons (Fsp3) is 0.222. The predicted molar refractivity (Wildman–Crippen MR) is 58.7 cm³/mol. The van der Waals surface area contributed by atoms with Gasteiger partial charge in [0.1, 0.15) is 10.9 Å². The number of hydrogen-bond donors (Lipinski definition) is 0. The first-order valence-electron chi connectivity index (χ1n) is 4.24. The summed E-state index contributed by atoms with van der Waals surface area (Å²) in [6, 6.07) is 1.34. The van der Waals surface area contributed by atoms with Gasteiger partial charge in [-0.3, -0.25) is 9.59 Å². The van der Waals surface area contributed by atoms with E-state index in [0.717, 1.165) is 0 Å². The molecule has 6 heteroatoms. The molecule has 2 aromatic rings. The zero-order valence-corrected chi connectivity index (χ0v) is 9.43. The van der Waals surface area contributed by atoms with E-state index in [0.29, 0.717) is 15.0 Å². The number of halogens is 1. The van der Waals surface area contributed by atoms with Gasteiger partial charge < -0.3 is 0 Å². The summed E-state index contributed by atoms with van der Waals surface area (Å²) in [5, 5.41) is 0.295. The number of ketones is 1. The van der Waals surface area contributed by atoms with Gasteiger partial charge in [-0.25, -0.2) is 9.38 Å². The average Bonchev–Trinajstić information content (AvgIpc) is 2.44. The Hall–Kier alpha value is -1.20. The quantitative estimate of drug-likeness (QED) is 0.803. The van der Waals surface area contributed by atoms with Crippen LogP contribution in [0.15, 0.2) is 17.1 Å². The lowest BCUT2D eigenvalue weighted by molar-refractivity contribution is -0.116. The van der Waals surface area contributed by atoms with Gasteiger partial charge in [-0.1, -0.05) is 22.9 Å². The van der Waals surface area contributed by atoms with Crippen molar-refractivity contribution in [3.63, 3.8) is 0 Å². The van der Waals surface area contributed by atoms with Gasteiger partial charge in [0.25, 0.3) is 5.56 Å². The third-order valence-corrected chi connectivity index (χ3v) is 3.43. The summed E-state index contributed by atoms with van der Waals surface area (Å²) < 4.78 is 1.31. The lowest BCUT2D eigenvalue weighted by Crippen LogP contribution is -2.11. The number of rotatable bonds is 2. The van der Waals surface area contributed by atoms with Crippen LogP contribution in [-0.2, 0) is 11.2 Å². The summed E-state index contributed by atoms with van der Waals surface area (Å²) in [6.07, 6.45) is 1.67. The van der Waals surface area contributed by atoms with Crippen LogP contribution in [0, 0.1) is 0 Å². The molecule has 0 aliphatic heterocycles. The van der Waals surface area contributed by atoms with Crippen LogP contribution in [0.3, 0.4) is 0 Å². The van der Waals surface area contributed by atoms with Gasteiger partial charge in [0, 0.05) is 18.7 Å². The minimum Gasteiger partial charge on any atom is -0.300 e. The second kappa shape index (κ2) is 3.75. The van der Waals surface area contributed by atoms with Crippen molar-refractivity contribution in [2.24, 2.45) is 0 Å². The Morgan fingerprint density at radius 3 is 3.00 bits per heavy atom. The van der Waals surface area contributed by atoms with Crippen LogP contribution in [0.1, 0.15) is 11.8 Å². The molecule has 0 fully saturated rings. The maximum Gasteiger partial charge on any atom is 0.259 e. The first kappa shape index (κ1) is 10.3. The van der Waals surface area contributed by atoms with Crippen molar-refractivity contribution in [3.05, 3.63) is 32.6 Å². The molecule has 0 amide bonds. The van der Waals surface area contributed by atoms with Gasteiger partial charge in [-0.2, -0.15) is 0 Å². The second-order valence-electron chi connectivity index (χ2n) is 3.10. The van der Waals surface area contributed by atoms with Gasteiger partial charge in [-0.15, -0.1) is 0 Å². The summed E-state index contributed by atoms with van der Waals surface area (Å²) >= 11 is 7.25. The predicted octanol–water partition coefficient (Wildman–Crippen LogP) is 1.54. The fourth-order valence-corrected chi connectivity index (χ4v) is 2.71. The Bertz CT molecular complexity index is 587. The number of nitrogens with zero attached hydrogens (tertiary/aromatic N) is 2. The van der Waals surface area contributed by atoms with E-state index in [-0.39, 0.29) is 17.8 Å². The molecule has 4 nitrogen and oxygen atoms in total. The molecule has 0 saturated heterocycles. The highest BCUT2D eigenvalue weighted by atomic mass is 35.5. The molecule has 0 aliphatic rings. The largest absolute Gasteiger partial charge is 0.300 e. The van der Waals surface area contributed by atoms with E-state index in [1.807, 2.05) is 0 Å². The van der Waals surface area contributed by atoms with Crippen LogP contribution in [0.4, 0.5) is 0 Å². The van der Waals surface area contributed by atoms with Crippen LogP contribution in [-0.4, -0.2) is 15.2 Å². The lowest BCUT2D eigenvalue weighted by atomic mass is 10.3. The second-order valence-corrected chi connectivity index (χ2v) is 4.52. The third-order valence-electron chi connectivity index (χ3n) is 1.86. The highest BCUT2D eigenvalue weighted by Crippen LogP contribution is 2.25. The van der Waals surface area contributed by atoms with Crippen LogP contribution >= 0.6 is 22.9 Å². The van der Waals surface area contributed by atoms with Crippen LogP contribution in [0.2, 0.25) is 5.15 Å². The summed E-state index contributed by atoms with van der Waals surface area (Å²) in [7, 11) is 0. The molecule has 0 aromatic carbocycles.